The zero-order valence-corrected chi connectivity index (χ0v) is 11.5. The molecule has 0 aromatic rings. The van der Waals surface area contributed by atoms with Gasteiger partial charge in [-0.2, -0.15) is 0 Å². The second-order valence-electron chi connectivity index (χ2n) is 4.91. The van der Waals surface area contributed by atoms with Crippen molar-refractivity contribution in [2.45, 2.75) is 34.0 Å². The highest BCUT2D eigenvalue weighted by atomic mass is 16.7. The molecule has 0 aromatic heterocycles. The minimum Gasteiger partial charge on any atom is -0.352 e. The second-order valence-corrected chi connectivity index (χ2v) is 4.91. The van der Waals surface area contributed by atoms with E-state index in [2.05, 4.69) is 25.8 Å². The zero-order chi connectivity index (χ0) is 12.6. The van der Waals surface area contributed by atoms with Crippen LogP contribution in [0.15, 0.2) is 0 Å². The summed E-state index contributed by atoms with van der Waals surface area (Å²) < 4.78 is 11.0. The minimum absolute atomic E-state index is 0.131. The number of nitrogens with zero attached hydrogens (tertiary/aromatic N) is 1. The van der Waals surface area contributed by atoms with Crippen molar-refractivity contribution in [2.75, 3.05) is 39.9 Å². The van der Waals surface area contributed by atoms with Crippen molar-refractivity contribution < 1.29 is 9.47 Å². The molecule has 0 aliphatic heterocycles. The maximum atomic E-state index is 5.71. The van der Waals surface area contributed by atoms with E-state index in [-0.39, 0.29) is 11.7 Å². The quantitative estimate of drug-likeness (QED) is 0.609. The Morgan fingerprint density at radius 2 is 1.69 bits per heavy atom. The monoisotopic (exact) mass is 232 g/mol. The maximum absolute atomic E-state index is 5.71. The van der Waals surface area contributed by atoms with Crippen LogP contribution in [0.25, 0.3) is 0 Å². The van der Waals surface area contributed by atoms with Crippen LogP contribution in [0, 0.1) is 5.41 Å². The Kier molecular flexibility index (Phi) is 7.93. The van der Waals surface area contributed by atoms with Crippen molar-refractivity contribution in [1.82, 2.24) is 4.90 Å². The topological polar surface area (TPSA) is 47.7 Å². The molecule has 98 valence electrons. The first-order valence-corrected chi connectivity index (χ1v) is 6.07. The summed E-state index contributed by atoms with van der Waals surface area (Å²) in [5.74, 6) is 0. The maximum Gasteiger partial charge on any atom is 0.170 e. The van der Waals surface area contributed by atoms with Crippen molar-refractivity contribution in [1.29, 1.82) is 0 Å². The van der Waals surface area contributed by atoms with Gasteiger partial charge in [0.2, 0.25) is 0 Å². The molecule has 4 nitrogen and oxygen atoms in total. The van der Waals surface area contributed by atoms with Gasteiger partial charge in [0.05, 0.1) is 0 Å². The van der Waals surface area contributed by atoms with E-state index >= 15 is 0 Å². The van der Waals surface area contributed by atoms with Crippen molar-refractivity contribution in [3.63, 3.8) is 0 Å². The third-order valence-electron chi connectivity index (χ3n) is 2.42. The lowest BCUT2D eigenvalue weighted by molar-refractivity contribution is -0.146. The first-order valence-electron chi connectivity index (χ1n) is 6.07. The van der Waals surface area contributed by atoms with Gasteiger partial charge in [0.15, 0.2) is 6.29 Å². The normalized spacial score (nSPS) is 12.8. The van der Waals surface area contributed by atoms with E-state index in [4.69, 9.17) is 15.2 Å². The van der Waals surface area contributed by atoms with E-state index in [9.17, 15) is 0 Å². The Bertz CT molecular complexity index is 168. The van der Waals surface area contributed by atoms with Gasteiger partial charge in [-0.15, -0.1) is 0 Å². The Hall–Kier alpha value is -0.160. The van der Waals surface area contributed by atoms with E-state index < -0.39 is 0 Å². The van der Waals surface area contributed by atoms with Crippen LogP contribution in [-0.4, -0.2) is 51.1 Å². The molecule has 0 spiro atoms. The van der Waals surface area contributed by atoms with Gasteiger partial charge in [0.1, 0.15) is 0 Å². The average Bonchev–Trinajstić information content (AvgIpc) is 2.17. The fraction of sp³-hybridized carbons (Fsp3) is 1.00. The van der Waals surface area contributed by atoms with E-state index in [0.717, 1.165) is 13.1 Å². The molecule has 0 heterocycles. The summed E-state index contributed by atoms with van der Waals surface area (Å²) in [4.78, 5) is 2.21. The van der Waals surface area contributed by atoms with E-state index in [0.29, 0.717) is 19.8 Å². The summed E-state index contributed by atoms with van der Waals surface area (Å²) in [6.07, 6.45) is -0.131. The van der Waals surface area contributed by atoms with Gasteiger partial charge < -0.3 is 20.1 Å². The number of nitrogens with two attached hydrogens (primary N) is 1. The van der Waals surface area contributed by atoms with Crippen molar-refractivity contribution in [2.24, 2.45) is 11.1 Å². The van der Waals surface area contributed by atoms with Gasteiger partial charge in [0, 0.05) is 26.3 Å². The third-order valence-corrected chi connectivity index (χ3v) is 2.42. The molecule has 0 saturated heterocycles. The number of hydrogen-bond donors (Lipinski definition) is 1. The lowest BCUT2D eigenvalue weighted by Gasteiger charge is -2.31. The first kappa shape index (κ1) is 15.8. The Labute approximate surface area is 100 Å². The largest absolute Gasteiger partial charge is 0.352 e. The Morgan fingerprint density at radius 1 is 1.19 bits per heavy atom. The molecular weight excluding hydrogens is 204 g/mol. The highest BCUT2D eigenvalue weighted by Crippen LogP contribution is 2.14. The summed E-state index contributed by atoms with van der Waals surface area (Å²) in [7, 11) is 2.07. The van der Waals surface area contributed by atoms with Gasteiger partial charge in [-0.3, -0.25) is 0 Å². The van der Waals surface area contributed by atoms with Crippen LogP contribution >= 0.6 is 0 Å². The van der Waals surface area contributed by atoms with Crippen LogP contribution < -0.4 is 5.73 Å². The van der Waals surface area contributed by atoms with Crippen LogP contribution in [0.4, 0.5) is 0 Å². The molecule has 0 radical (unpaired) electrons. The minimum atomic E-state index is -0.131. The second kappa shape index (κ2) is 8.01. The Morgan fingerprint density at radius 3 is 2.06 bits per heavy atom. The molecule has 0 aliphatic rings. The fourth-order valence-electron chi connectivity index (χ4n) is 1.64. The summed E-state index contributed by atoms with van der Waals surface area (Å²) in [5, 5.41) is 0. The smallest absolute Gasteiger partial charge is 0.170 e. The number of hydrogen-bond acceptors (Lipinski definition) is 4. The first-order chi connectivity index (χ1) is 7.45. The molecule has 0 amide bonds. The molecule has 0 saturated carbocycles. The summed E-state index contributed by atoms with van der Waals surface area (Å²) in [6.45, 7) is 12.1. The lowest BCUT2D eigenvalue weighted by Crippen LogP contribution is -2.41. The zero-order valence-electron chi connectivity index (χ0n) is 11.5. The van der Waals surface area contributed by atoms with Gasteiger partial charge in [-0.25, -0.2) is 0 Å². The Balaban J connectivity index is 4.02. The molecule has 16 heavy (non-hydrogen) atoms. The van der Waals surface area contributed by atoms with Crippen LogP contribution in [0.3, 0.4) is 0 Å². The lowest BCUT2D eigenvalue weighted by atomic mass is 9.93. The molecule has 0 aliphatic carbocycles. The number of likely N-dealkylation sites (N-methyl/N-ethyl adjacent to an activating group) is 1. The molecule has 0 unspecified atom stereocenters. The van der Waals surface area contributed by atoms with E-state index in [1.54, 1.807) is 0 Å². The van der Waals surface area contributed by atoms with Crippen LogP contribution in [0.1, 0.15) is 27.7 Å². The molecule has 2 N–H and O–H groups in total. The van der Waals surface area contributed by atoms with Crippen molar-refractivity contribution in [3.05, 3.63) is 0 Å². The van der Waals surface area contributed by atoms with Crippen LogP contribution in [-0.2, 0) is 9.47 Å². The summed E-state index contributed by atoms with van der Waals surface area (Å²) in [5.41, 5.74) is 5.85. The van der Waals surface area contributed by atoms with Gasteiger partial charge in [-0.05, 0) is 32.9 Å². The molecular formula is C12H28N2O2. The summed E-state index contributed by atoms with van der Waals surface area (Å²) >= 11 is 0. The van der Waals surface area contributed by atoms with Gasteiger partial charge in [-0.1, -0.05) is 13.8 Å². The number of ether oxygens (including phenoxy) is 2. The molecule has 0 aromatic carbocycles. The summed E-state index contributed by atoms with van der Waals surface area (Å²) in [6, 6.07) is 0. The van der Waals surface area contributed by atoms with E-state index in [1.165, 1.54) is 0 Å². The third kappa shape index (κ3) is 7.17. The average molecular weight is 232 g/mol. The van der Waals surface area contributed by atoms with Crippen LogP contribution in [0.2, 0.25) is 0 Å². The van der Waals surface area contributed by atoms with Crippen LogP contribution in [0.5, 0.6) is 0 Å². The van der Waals surface area contributed by atoms with Crippen molar-refractivity contribution in [3.8, 4) is 0 Å². The van der Waals surface area contributed by atoms with Crippen molar-refractivity contribution >= 4 is 0 Å². The molecule has 0 atom stereocenters. The number of rotatable bonds is 9. The highest BCUT2D eigenvalue weighted by Gasteiger charge is 2.20. The van der Waals surface area contributed by atoms with Gasteiger partial charge >= 0.3 is 0 Å². The van der Waals surface area contributed by atoms with E-state index in [1.807, 2.05) is 13.8 Å². The predicted molar refractivity (Wildman–Crippen MR) is 67.4 cm³/mol. The SMILES string of the molecule is CCOC(CN(C)CC(C)(C)CN)OCC. The standard InChI is InChI=1S/C12H28N2O2/c1-6-15-11(16-7-2)8-14(5)10-12(3,4)9-13/h11H,6-10,13H2,1-5H3. The predicted octanol–water partition coefficient (Wildman–Crippen LogP) is 1.30. The highest BCUT2D eigenvalue weighted by molar-refractivity contribution is 4.73. The fourth-order valence-corrected chi connectivity index (χ4v) is 1.64. The molecule has 0 bridgehead atoms. The molecule has 0 rings (SSSR count). The van der Waals surface area contributed by atoms with Gasteiger partial charge in [0.25, 0.3) is 0 Å². The molecule has 0 fully saturated rings. The molecule has 4 heteroatoms.